The summed E-state index contributed by atoms with van der Waals surface area (Å²) in [4.78, 5) is 25.9. The first-order chi connectivity index (χ1) is 10.1. The molecule has 7 nitrogen and oxygen atoms in total. The van der Waals surface area contributed by atoms with Crippen LogP contribution in [0.3, 0.4) is 0 Å². The van der Waals surface area contributed by atoms with Crippen LogP contribution < -0.4 is 16.4 Å². The molecule has 4 N–H and O–H groups in total. The topological polar surface area (TPSA) is 96.7 Å². The molecule has 0 bridgehead atoms. The zero-order valence-corrected chi connectivity index (χ0v) is 13.1. The summed E-state index contributed by atoms with van der Waals surface area (Å²) in [5, 5.41) is 5.70. The quantitative estimate of drug-likeness (QED) is 0.530. The fourth-order valence-electron chi connectivity index (χ4n) is 2.57. The third kappa shape index (κ3) is 6.88. The van der Waals surface area contributed by atoms with E-state index in [0.717, 1.165) is 19.4 Å². The van der Waals surface area contributed by atoms with E-state index in [2.05, 4.69) is 10.6 Å². The number of likely N-dealkylation sites (tertiary alicyclic amines) is 1. The van der Waals surface area contributed by atoms with Crippen LogP contribution in [0.5, 0.6) is 0 Å². The molecular formula is C14H28N4O3. The van der Waals surface area contributed by atoms with E-state index in [1.165, 1.54) is 0 Å². The largest absolute Gasteiger partial charge is 0.383 e. The van der Waals surface area contributed by atoms with Crippen molar-refractivity contribution < 1.29 is 14.3 Å². The molecular weight excluding hydrogens is 272 g/mol. The molecule has 1 heterocycles. The molecule has 1 fully saturated rings. The molecule has 1 saturated heterocycles. The van der Waals surface area contributed by atoms with Crippen molar-refractivity contribution in [3.63, 3.8) is 0 Å². The summed E-state index contributed by atoms with van der Waals surface area (Å²) in [6.07, 6.45) is 1.80. The van der Waals surface area contributed by atoms with Gasteiger partial charge in [0.2, 0.25) is 11.8 Å². The standard InChI is InChI=1S/C14H28N4O3/c1-11(10-21-2)17-13(19)9-18-7-3-4-12(8-18)14(20)16-6-5-15/h11-12H,3-10,15H2,1-2H3,(H,16,20)(H,17,19). The van der Waals surface area contributed by atoms with Gasteiger partial charge in [-0.1, -0.05) is 0 Å². The molecule has 1 aliphatic rings. The van der Waals surface area contributed by atoms with Crippen LogP contribution in [0.1, 0.15) is 19.8 Å². The highest BCUT2D eigenvalue weighted by Crippen LogP contribution is 2.16. The van der Waals surface area contributed by atoms with Crippen LogP contribution in [-0.2, 0) is 14.3 Å². The van der Waals surface area contributed by atoms with Gasteiger partial charge in [0, 0.05) is 32.8 Å². The van der Waals surface area contributed by atoms with Gasteiger partial charge in [-0.3, -0.25) is 14.5 Å². The summed E-state index contributed by atoms with van der Waals surface area (Å²) < 4.78 is 4.99. The lowest BCUT2D eigenvalue weighted by atomic mass is 9.97. The Labute approximate surface area is 126 Å². The number of nitrogens with one attached hydrogen (secondary N) is 2. The molecule has 0 radical (unpaired) electrons. The molecule has 2 unspecified atom stereocenters. The molecule has 0 spiro atoms. The number of carbonyl (C=O) groups is 2. The Hall–Kier alpha value is -1.18. The molecule has 7 heteroatoms. The van der Waals surface area contributed by atoms with E-state index in [-0.39, 0.29) is 23.8 Å². The highest BCUT2D eigenvalue weighted by Gasteiger charge is 2.26. The summed E-state index contributed by atoms with van der Waals surface area (Å²) in [7, 11) is 1.61. The van der Waals surface area contributed by atoms with E-state index in [1.807, 2.05) is 11.8 Å². The highest BCUT2D eigenvalue weighted by atomic mass is 16.5. The van der Waals surface area contributed by atoms with Gasteiger partial charge in [-0.15, -0.1) is 0 Å². The van der Waals surface area contributed by atoms with E-state index in [9.17, 15) is 9.59 Å². The Morgan fingerprint density at radius 2 is 2.24 bits per heavy atom. The molecule has 21 heavy (non-hydrogen) atoms. The third-order valence-corrected chi connectivity index (χ3v) is 3.51. The number of nitrogens with zero attached hydrogens (tertiary/aromatic N) is 1. The van der Waals surface area contributed by atoms with Gasteiger partial charge in [0.05, 0.1) is 19.1 Å². The fourth-order valence-corrected chi connectivity index (χ4v) is 2.57. The van der Waals surface area contributed by atoms with Crippen molar-refractivity contribution in [3.8, 4) is 0 Å². The van der Waals surface area contributed by atoms with E-state index >= 15 is 0 Å². The maximum absolute atomic E-state index is 11.9. The van der Waals surface area contributed by atoms with Crippen LogP contribution in [0.2, 0.25) is 0 Å². The number of hydrogen-bond donors (Lipinski definition) is 3. The van der Waals surface area contributed by atoms with Crippen LogP contribution in [0, 0.1) is 5.92 Å². The van der Waals surface area contributed by atoms with Crippen LogP contribution in [-0.4, -0.2) is 69.2 Å². The minimum Gasteiger partial charge on any atom is -0.383 e. The average molecular weight is 300 g/mol. The highest BCUT2D eigenvalue weighted by molar-refractivity contribution is 5.80. The molecule has 0 aromatic rings. The molecule has 122 valence electrons. The second-order valence-electron chi connectivity index (χ2n) is 5.58. The van der Waals surface area contributed by atoms with Crippen LogP contribution in [0.15, 0.2) is 0 Å². The second kappa shape index (κ2) is 9.70. The Bertz CT molecular complexity index is 338. The minimum atomic E-state index is -0.0468. The summed E-state index contributed by atoms with van der Waals surface area (Å²) >= 11 is 0. The van der Waals surface area contributed by atoms with Gasteiger partial charge in [0.25, 0.3) is 0 Å². The lowest BCUT2D eigenvalue weighted by molar-refractivity contribution is -0.129. The van der Waals surface area contributed by atoms with Gasteiger partial charge in [-0.2, -0.15) is 0 Å². The SMILES string of the molecule is COCC(C)NC(=O)CN1CCCC(C(=O)NCCN)C1. The Balaban J connectivity index is 2.35. The van der Waals surface area contributed by atoms with Gasteiger partial charge >= 0.3 is 0 Å². The summed E-state index contributed by atoms with van der Waals surface area (Å²) in [6.45, 7) is 5.16. The van der Waals surface area contributed by atoms with E-state index in [1.54, 1.807) is 7.11 Å². The fraction of sp³-hybridized carbons (Fsp3) is 0.857. The van der Waals surface area contributed by atoms with E-state index in [4.69, 9.17) is 10.5 Å². The monoisotopic (exact) mass is 300 g/mol. The van der Waals surface area contributed by atoms with Gasteiger partial charge in [-0.05, 0) is 26.3 Å². The number of piperidine rings is 1. The summed E-state index contributed by atoms with van der Waals surface area (Å²) in [5.41, 5.74) is 5.38. The molecule has 0 aromatic heterocycles. The first kappa shape index (κ1) is 17.9. The van der Waals surface area contributed by atoms with Gasteiger partial charge < -0.3 is 21.1 Å². The lowest BCUT2D eigenvalue weighted by Gasteiger charge is -2.31. The number of amides is 2. The first-order valence-electron chi connectivity index (χ1n) is 7.55. The Kier molecular flexibility index (Phi) is 8.26. The van der Waals surface area contributed by atoms with Crippen molar-refractivity contribution in [1.29, 1.82) is 0 Å². The number of methoxy groups -OCH3 is 1. The normalized spacial score (nSPS) is 20.8. The molecule has 2 amide bonds. The molecule has 0 saturated carbocycles. The predicted molar refractivity (Wildman–Crippen MR) is 80.7 cm³/mol. The first-order valence-corrected chi connectivity index (χ1v) is 7.55. The smallest absolute Gasteiger partial charge is 0.234 e. The van der Waals surface area contributed by atoms with E-state index < -0.39 is 0 Å². The van der Waals surface area contributed by atoms with Crippen molar-refractivity contribution >= 4 is 11.8 Å². The van der Waals surface area contributed by atoms with Gasteiger partial charge in [-0.25, -0.2) is 0 Å². The van der Waals surface area contributed by atoms with E-state index in [0.29, 0.717) is 32.8 Å². The number of ether oxygens (including phenoxy) is 1. The number of hydrogen-bond acceptors (Lipinski definition) is 5. The molecule has 0 aromatic carbocycles. The second-order valence-corrected chi connectivity index (χ2v) is 5.58. The average Bonchev–Trinajstić information content (AvgIpc) is 2.45. The van der Waals surface area contributed by atoms with Crippen molar-refractivity contribution in [2.24, 2.45) is 11.7 Å². The van der Waals surface area contributed by atoms with Crippen LogP contribution in [0.25, 0.3) is 0 Å². The lowest BCUT2D eigenvalue weighted by Crippen LogP contribution is -2.48. The third-order valence-electron chi connectivity index (χ3n) is 3.51. The van der Waals surface area contributed by atoms with Crippen molar-refractivity contribution in [3.05, 3.63) is 0 Å². The molecule has 2 atom stereocenters. The van der Waals surface area contributed by atoms with Crippen molar-refractivity contribution in [2.75, 3.05) is 46.4 Å². The van der Waals surface area contributed by atoms with Gasteiger partial charge in [0.1, 0.15) is 0 Å². The van der Waals surface area contributed by atoms with Crippen molar-refractivity contribution in [2.45, 2.75) is 25.8 Å². The zero-order chi connectivity index (χ0) is 15.7. The van der Waals surface area contributed by atoms with Gasteiger partial charge in [0.15, 0.2) is 0 Å². The summed E-state index contributed by atoms with van der Waals surface area (Å²) in [5.74, 6) is -0.0321. The van der Waals surface area contributed by atoms with Crippen LogP contribution in [0.4, 0.5) is 0 Å². The maximum Gasteiger partial charge on any atom is 0.234 e. The summed E-state index contributed by atoms with van der Waals surface area (Å²) in [6, 6.07) is -0.00376. The number of carbonyl (C=O) groups excluding carboxylic acids is 2. The van der Waals surface area contributed by atoms with Crippen molar-refractivity contribution in [1.82, 2.24) is 15.5 Å². The Morgan fingerprint density at radius 1 is 1.48 bits per heavy atom. The molecule has 1 rings (SSSR count). The maximum atomic E-state index is 11.9. The zero-order valence-electron chi connectivity index (χ0n) is 13.1. The predicted octanol–water partition coefficient (Wildman–Crippen LogP) is -1.08. The molecule has 1 aliphatic heterocycles. The molecule has 0 aliphatic carbocycles. The number of rotatable bonds is 8. The van der Waals surface area contributed by atoms with Crippen LogP contribution >= 0.6 is 0 Å². The Morgan fingerprint density at radius 3 is 2.90 bits per heavy atom. The minimum absolute atomic E-state index is 0.00376. The number of nitrogens with two attached hydrogens (primary N) is 1.